The number of piperazine rings is 1. The molecule has 1 amide bonds. The van der Waals surface area contributed by atoms with Crippen LogP contribution in [0.4, 0.5) is 0 Å². The molecule has 5 nitrogen and oxygen atoms in total. The van der Waals surface area contributed by atoms with Crippen LogP contribution in [0.15, 0.2) is 6.07 Å². The van der Waals surface area contributed by atoms with Crippen molar-refractivity contribution in [3.05, 3.63) is 17.5 Å². The Labute approximate surface area is 119 Å². The Hall–Kier alpha value is -1.07. The van der Waals surface area contributed by atoms with E-state index in [4.69, 9.17) is 11.6 Å². The predicted octanol–water partition coefficient (Wildman–Crippen LogP) is 0.883. The van der Waals surface area contributed by atoms with Crippen molar-refractivity contribution in [1.29, 1.82) is 0 Å². The summed E-state index contributed by atoms with van der Waals surface area (Å²) >= 11 is 5.57. The zero-order valence-electron chi connectivity index (χ0n) is 11.6. The molecule has 0 N–H and O–H groups in total. The number of rotatable bonds is 4. The third kappa shape index (κ3) is 3.70. The molecular weight excluding hydrogens is 264 g/mol. The molecule has 106 valence electrons. The first-order chi connectivity index (χ1) is 9.10. The Morgan fingerprint density at radius 1 is 1.26 bits per heavy atom. The van der Waals surface area contributed by atoms with Gasteiger partial charge in [-0.25, -0.2) is 0 Å². The Morgan fingerprint density at radius 3 is 2.47 bits per heavy atom. The average molecular weight is 285 g/mol. The van der Waals surface area contributed by atoms with Gasteiger partial charge < -0.3 is 4.90 Å². The topological polar surface area (TPSA) is 41.4 Å². The van der Waals surface area contributed by atoms with E-state index in [2.05, 4.69) is 23.0 Å². The van der Waals surface area contributed by atoms with Crippen LogP contribution in [0, 0.1) is 13.8 Å². The van der Waals surface area contributed by atoms with E-state index in [1.807, 2.05) is 16.5 Å². The molecule has 0 bridgehead atoms. The van der Waals surface area contributed by atoms with Crippen LogP contribution in [0.5, 0.6) is 0 Å². The Balaban J connectivity index is 1.77. The molecular formula is C13H21ClN4O. The van der Waals surface area contributed by atoms with E-state index < -0.39 is 0 Å². The molecule has 19 heavy (non-hydrogen) atoms. The van der Waals surface area contributed by atoms with Crippen molar-refractivity contribution in [1.82, 2.24) is 19.6 Å². The highest BCUT2D eigenvalue weighted by Crippen LogP contribution is 2.05. The number of amides is 1. The van der Waals surface area contributed by atoms with Crippen LogP contribution in [-0.2, 0) is 11.3 Å². The first-order valence-corrected chi connectivity index (χ1v) is 7.20. The summed E-state index contributed by atoms with van der Waals surface area (Å²) < 4.78 is 2.05. The van der Waals surface area contributed by atoms with Crippen LogP contribution < -0.4 is 0 Å². The van der Waals surface area contributed by atoms with Crippen molar-refractivity contribution < 1.29 is 4.79 Å². The lowest BCUT2D eigenvalue weighted by atomic mass is 10.3. The highest BCUT2D eigenvalue weighted by atomic mass is 35.5. The van der Waals surface area contributed by atoms with Gasteiger partial charge in [-0.2, -0.15) is 5.10 Å². The summed E-state index contributed by atoms with van der Waals surface area (Å²) in [5.41, 5.74) is 2.27. The average Bonchev–Trinajstić information content (AvgIpc) is 2.74. The summed E-state index contributed by atoms with van der Waals surface area (Å²) in [7, 11) is 0. The summed E-state index contributed by atoms with van der Waals surface area (Å²) in [5.74, 6) is 0.131. The molecule has 1 aromatic heterocycles. The molecule has 0 aromatic carbocycles. The zero-order chi connectivity index (χ0) is 13.8. The van der Waals surface area contributed by atoms with Crippen molar-refractivity contribution in [2.45, 2.75) is 20.4 Å². The van der Waals surface area contributed by atoms with Gasteiger partial charge in [-0.1, -0.05) is 0 Å². The first kappa shape index (κ1) is 14.3. The normalized spacial score (nSPS) is 16.9. The highest BCUT2D eigenvalue weighted by Gasteiger charge is 2.20. The van der Waals surface area contributed by atoms with Crippen LogP contribution >= 0.6 is 11.6 Å². The molecule has 1 aromatic rings. The van der Waals surface area contributed by atoms with E-state index in [0.29, 0.717) is 0 Å². The molecule has 0 saturated carbocycles. The van der Waals surface area contributed by atoms with Crippen molar-refractivity contribution in [3.8, 4) is 0 Å². The van der Waals surface area contributed by atoms with Gasteiger partial charge in [0.1, 0.15) is 5.88 Å². The van der Waals surface area contributed by atoms with Crippen LogP contribution in [0.25, 0.3) is 0 Å². The number of carbonyl (C=O) groups excluding carboxylic acids is 1. The molecule has 2 heterocycles. The fourth-order valence-electron chi connectivity index (χ4n) is 2.44. The smallest absolute Gasteiger partial charge is 0.237 e. The Kier molecular flexibility index (Phi) is 4.82. The Morgan fingerprint density at radius 2 is 1.95 bits per heavy atom. The number of aromatic nitrogens is 2. The number of carbonyl (C=O) groups is 1. The second-order valence-electron chi connectivity index (χ2n) is 5.01. The molecule has 0 atom stereocenters. The summed E-state index contributed by atoms with van der Waals surface area (Å²) in [4.78, 5) is 15.7. The SMILES string of the molecule is Cc1cc(C)n(CCN2CCN(C(=O)CCl)CC2)n1. The molecule has 0 aliphatic carbocycles. The minimum absolute atomic E-state index is 0.0415. The number of hydrogen-bond donors (Lipinski definition) is 0. The summed E-state index contributed by atoms with van der Waals surface area (Å²) in [6, 6.07) is 2.09. The van der Waals surface area contributed by atoms with E-state index >= 15 is 0 Å². The fourth-order valence-corrected chi connectivity index (χ4v) is 2.61. The van der Waals surface area contributed by atoms with Crippen molar-refractivity contribution >= 4 is 17.5 Å². The monoisotopic (exact) mass is 284 g/mol. The highest BCUT2D eigenvalue weighted by molar-refractivity contribution is 6.27. The zero-order valence-corrected chi connectivity index (χ0v) is 12.4. The third-order valence-corrected chi connectivity index (χ3v) is 3.80. The van der Waals surface area contributed by atoms with Crippen LogP contribution in [0.2, 0.25) is 0 Å². The van der Waals surface area contributed by atoms with Crippen LogP contribution in [0.1, 0.15) is 11.4 Å². The molecule has 0 unspecified atom stereocenters. The lowest BCUT2D eigenvalue weighted by Crippen LogP contribution is -2.49. The lowest BCUT2D eigenvalue weighted by Gasteiger charge is -2.34. The second kappa shape index (κ2) is 6.39. The number of hydrogen-bond acceptors (Lipinski definition) is 3. The molecule has 1 aliphatic heterocycles. The van der Waals surface area contributed by atoms with E-state index in [1.165, 1.54) is 5.69 Å². The number of aryl methyl sites for hydroxylation is 2. The van der Waals surface area contributed by atoms with E-state index in [-0.39, 0.29) is 11.8 Å². The van der Waals surface area contributed by atoms with Crippen LogP contribution in [-0.4, -0.2) is 64.1 Å². The van der Waals surface area contributed by atoms with Gasteiger partial charge >= 0.3 is 0 Å². The van der Waals surface area contributed by atoms with Crippen molar-refractivity contribution in [2.75, 3.05) is 38.6 Å². The van der Waals surface area contributed by atoms with Gasteiger partial charge in [0.15, 0.2) is 0 Å². The molecule has 1 saturated heterocycles. The van der Waals surface area contributed by atoms with Crippen LogP contribution in [0.3, 0.4) is 0 Å². The third-order valence-electron chi connectivity index (χ3n) is 3.57. The van der Waals surface area contributed by atoms with Gasteiger partial charge in [-0.3, -0.25) is 14.4 Å². The van der Waals surface area contributed by atoms with E-state index in [0.717, 1.165) is 45.0 Å². The van der Waals surface area contributed by atoms with Gasteiger partial charge in [-0.05, 0) is 19.9 Å². The molecule has 1 aliphatic rings. The maximum atomic E-state index is 11.5. The number of nitrogens with zero attached hydrogens (tertiary/aromatic N) is 4. The Bertz CT molecular complexity index is 438. The molecule has 0 radical (unpaired) electrons. The predicted molar refractivity (Wildman–Crippen MR) is 75.4 cm³/mol. The van der Waals surface area contributed by atoms with Gasteiger partial charge in [0, 0.05) is 38.4 Å². The maximum absolute atomic E-state index is 11.5. The lowest BCUT2D eigenvalue weighted by molar-refractivity contribution is -0.130. The van der Waals surface area contributed by atoms with E-state index in [9.17, 15) is 4.79 Å². The van der Waals surface area contributed by atoms with Gasteiger partial charge in [-0.15, -0.1) is 11.6 Å². The first-order valence-electron chi connectivity index (χ1n) is 6.67. The van der Waals surface area contributed by atoms with Gasteiger partial charge in [0.2, 0.25) is 5.91 Å². The second-order valence-corrected chi connectivity index (χ2v) is 5.27. The minimum atomic E-state index is 0.0415. The van der Waals surface area contributed by atoms with Gasteiger partial charge in [0.25, 0.3) is 0 Å². The van der Waals surface area contributed by atoms with Crippen molar-refractivity contribution in [2.24, 2.45) is 0 Å². The number of halogens is 1. The molecule has 2 rings (SSSR count). The maximum Gasteiger partial charge on any atom is 0.237 e. The van der Waals surface area contributed by atoms with Gasteiger partial charge in [0.05, 0.1) is 12.2 Å². The number of alkyl halides is 1. The summed E-state index contributed by atoms with van der Waals surface area (Å²) in [5, 5.41) is 4.46. The van der Waals surface area contributed by atoms with E-state index in [1.54, 1.807) is 0 Å². The largest absolute Gasteiger partial charge is 0.339 e. The minimum Gasteiger partial charge on any atom is -0.339 e. The standard InChI is InChI=1S/C13H21ClN4O/c1-11-9-12(2)18(15-11)8-5-16-3-6-17(7-4-16)13(19)10-14/h9H,3-8,10H2,1-2H3. The van der Waals surface area contributed by atoms with Crippen molar-refractivity contribution in [3.63, 3.8) is 0 Å². The summed E-state index contributed by atoms with van der Waals surface area (Å²) in [6.07, 6.45) is 0. The fraction of sp³-hybridized carbons (Fsp3) is 0.692. The quantitative estimate of drug-likeness (QED) is 0.771. The molecule has 1 fully saturated rings. The molecule has 6 heteroatoms. The summed E-state index contributed by atoms with van der Waals surface area (Å²) in [6.45, 7) is 9.38. The molecule has 0 spiro atoms.